The summed E-state index contributed by atoms with van der Waals surface area (Å²) in [5.41, 5.74) is 0.555. The van der Waals surface area contributed by atoms with Gasteiger partial charge in [0.15, 0.2) is 0 Å². The van der Waals surface area contributed by atoms with Crippen LogP contribution in [0.3, 0.4) is 0 Å². The highest BCUT2D eigenvalue weighted by atomic mass is 16.4. The number of carbonyl (C=O) groups excluding carboxylic acids is 1. The van der Waals surface area contributed by atoms with Crippen molar-refractivity contribution in [2.45, 2.75) is 31.2 Å². The van der Waals surface area contributed by atoms with E-state index in [0.717, 1.165) is 17.3 Å². The maximum absolute atomic E-state index is 12.3. The molecule has 3 rings (SSSR count). The third kappa shape index (κ3) is 2.69. The molecule has 0 bridgehead atoms. The van der Waals surface area contributed by atoms with Gasteiger partial charge >= 0.3 is 5.97 Å². The Morgan fingerprint density at radius 2 is 2.14 bits per heavy atom. The molecule has 6 heteroatoms. The van der Waals surface area contributed by atoms with E-state index >= 15 is 0 Å². The number of carbonyl (C=O) groups is 2. The fraction of sp³-hybridized carbons (Fsp3) is 0.333. The fourth-order valence-corrected chi connectivity index (χ4v) is 2.65. The lowest BCUT2D eigenvalue weighted by atomic mass is 9.74. The van der Waals surface area contributed by atoms with Gasteiger partial charge in [-0.05, 0) is 31.4 Å². The van der Waals surface area contributed by atoms with E-state index in [1.807, 2.05) is 0 Å². The summed E-state index contributed by atoms with van der Waals surface area (Å²) in [5, 5.41) is 12.7. The Balaban J connectivity index is 1.81. The van der Waals surface area contributed by atoms with Crippen molar-refractivity contribution in [3.8, 4) is 0 Å². The van der Waals surface area contributed by atoms with Crippen molar-refractivity contribution in [3.63, 3.8) is 0 Å². The summed E-state index contributed by atoms with van der Waals surface area (Å²) in [6.45, 7) is 0. The van der Waals surface area contributed by atoms with Crippen molar-refractivity contribution >= 4 is 22.8 Å². The van der Waals surface area contributed by atoms with Crippen LogP contribution in [0.5, 0.6) is 0 Å². The maximum atomic E-state index is 12.3. The van der Waals surface area contributed by atoms with E-state index in [0.29, 0.717) is 18.4 Å². The predicted molar refractivity (Wildman–Crippen MR) is 75.8 cm³/mol. The van der Waals surface area contributed by atoms with E-state index in [9.17, 15) is 9.59 Å². The molecule has 1 amide bonds. The minimum Gasteiger partial charge on any atom is -0.481 e. The number of nitrogens with zero attached hydrogens (tertiary/aromatic N) is 2. The molecule has 2 heterocycles. The number of rotatable bonds is 4. The molecule has 0 spiro atoms. The van der Waals surface area contributed by atoms with Crippen LogP contribution in [-0.4, -0.2) is 32.5 Å². The van der Waals surface area contributed by atoms with Gasteiger partial charge in [-0.3, -0.25) is 19.6 Å². The molecule has 2 aromatic rings. The average molecular weight is 285 g/mol. The molecule has 2 aromatic heterocycles. The first-order valence-electron chi connectivity index (χ1n) is 6.82. The SMILES string of the molecule is O=C(O)CC1(NC(=O)c2cnc3cnccc3c2)CCC1. The molecule has 2 N–H and O–H groups in total. The van der Waals surface area contributed by atoms with Crippen molar-refractivity contribution < 1.29 is 14.7 Å². The minimum absolute atomic E-state index is 0.0380. The van der Waals surface area contributed by atoms with Gasteiger partial charge in [0.2, 0.25) is 0 Å². The van der Waals surface area contributed by atoms with Crippen LogP contribution in [0, 0.1) is 0 Å². The lowest BCUT2D eigenvalue weighted by Gasteiger charge is -2.41. The number of aromatic nitrogens is 2. The van der Waals surface area contributed by atoms with Gasteiger partial charge in [0.25, 0.3) is 5.91 Å². The standard InChI is InChI=1S/C15H15N3O3/c19-13(20)7-15(3-1-4-15)18-14(21)11-6-10-2-5-16-9-12(10)17-8-11/h2,5-6,8-9H,1,3-4,7H2,(H,18,21)(H,19,20). The Kier molecular flexibility index (Phi) is 3.29. The molecule has 0 atom stereocenters. The predicted octanol–water partition coefficient (Wildman–Crippen LogP) is 1.76. The second kappa shape index (κ2) is 5.12. The van der Waals surface area contributed by atoms with Crippen LogP contribution in [0.1, 0.15) is 36.0 Å². The zero-order valence-corrected chi connectivity index (χ0v) is 11.4. The van der Waals surface area contributed by atoms with E-state index in [2.05, 4.69) is 15.3 Å². The van der Waals surface area contributed by atoms with Crippen LogP contribution in [0.25, 0.3) is 10.9 Å². The zero-order valence-electron chi connectivity index (χ0n) is 11.4. The molecule has 1 aliphatic rings. The number of aliphatic carboxylic acids is 1. The third-order valence-electron chi connectivity index (χ3n) is 3.93. The highest BCUT2D eigenvalue weighted by molar-refractivity contribution is 5.97. The molecule has 1 saturated carbocycles. The van der Waals surface area contributed by atoms with Crippen molar-refractivity contribution in [2.24, 2.45) is 0 Å². The first-order valence-corrected chi connectivity index (χ1v) is 6.82. The smallest absolute Gasteiger partial charge is 0.305 e. The van der Waals surface area contributed by atoms with Gasteiger partial charge in [0, 0.05) is 17.8 Å². The Bertz CT molecular complexity index is 710. The summed E-state index contributed by atoms with van der Waals surface area (Å²) in [7, 11) is 0. The molecular formula is C15H15N3O3. The Labute approximate surface area is 121 Å². The van der Waals surface area contributed by atoms with Crippen molar-refractivity contribution in [1.29, 1.82) is 0 Å². The number of carboxylic acid groups (broad SMARTS) is 1. The fourth-order valence-electron chi connectivity index (χ4n) is 2.65. The summed E-state index contributed by atoms with van der Waals surface area (Å²) >= 11 is 0. The van der Waals surface area contributed by atoms with E-state index < -0.39 is 11.5 Å². The highest BCUT2D eigenvalue weighted by Gasteiger charge is 2.40. The van der Waals surface area contributed by atoms with Crippen molar-refractivity contribution in [3.05, 3.63) is 36.3 Å². The normalized spacial score (nSPS) is 16.2. The van der Waals surface area contributed by atoms with E-state index in [1.54, 1.807) is 24.5 Å². The van der Waals surface area contributed by atoms with Crippen LogP contribution >= 0.6 is 0 Å². The molecule has 0 aromatic carbocycles. The van der Waals surface area contributed by atoms with Crippen molar-refractivity contribution in [2.75, 3.05) is 0 Å². The van der Waals surface area contributed by atoms with E-state index in [4.69, 9.17) is 5.11 Å². The summed E-state index contributed by atoms with van der Waals surface area (Å²) in [6, 6.07) is 3.53. The molecule has 21 heavy (non-hydrogen) atoms. The van der Waals surface area contributed by atoms with E-state index in [-0.39, 0.29) is 12.3 Å². The quantitative estimate of drug-likeness (QED) is 0.893. The summed E-state index contributed by atoms with van der Waals surface area (Å²) in [6.07, 6.45) is 7.08. The molecule has 108 valence electrons. The molecule has 0 radical (unpaired) electrons. The van der Waals surface area contributed by atoms with Gasteiger partial charge in [0.05, 0.1) is 29.2 Å². The summed E-state index contributed by atoms with van der Waals surface area (Å²) < 4.78 is 0. The van der Waals surface area contributed by atoms with Gasteiger partial charge in [-0.2, -0.15) is 0 Å². The van der Waals surface area contributed by atoms with Crippen LogP contribution in [0.4, 0.5) is 0 Å². The van der Waals surface area contributed by atoms with Gasteiger partial charge in [-0.25, -0.2) is 0 Å². The van der Waals surface area contributed by atoms with Crippen molar-refractivity contribution in [1.82, 2.24) is 15.3 Å². The van der Waals surface area contributed by atoms with Gasteiger partial charge in [0.1, 0.15) is 0 Å². The second-order valence-corrected chi connectivity index (χ2v) is 5.45. The molecule has 0 saturated heterocycles. The Morgan fingerprint density at radius 3 is 2.81 bits per heavy atom. The molecule has 0 aliphatic heterocycles. The van der Waals surface area contributed by atoms with E-state index in [1.165, 1.54) is 6.20 Å². The lowest BCUT2D eigenvalue weighted by molar-refractivity contribution is -0.139. The second-order valence-electron chi connectivity index (χ2n) is 5.45. The van der Waals surface area contributed by atoms with Crippen LogP contribution < -0.4 is 5.32 Å². The zero-order chi connectivity index (χ0) is 14.9. The first kappa shape index (κ1) is 13.5. The molecular weight excluding hydrogens is 270 g/mol. The molecule has 1 aliphatic carbocycles. The average Bonchev–Trinajstić information content (AvgIpc) is 2.43. The largest absolute Gasteiger partial charge is 0.481 e. The summed E-state index contributed by atoms with van der Waals surface area (Å²) in [4.78, 5) is 31.4. The monoisotopic (exact) mass is 285 g/mol. The number of pyridine rings is 2. The number of fused-ring (bicyclic) bond motifs is 1. The Hall–Kier alpha value is -2.50. The van der Waals surface area contributed by atoms with Gasteiger partial charge in [-0.1, -0.05) is 0 Å². The molecule has 0 unspecified atom stereocenters. The summed E-state index contributed by atoms with van der Waals surface area (Å²) in [5.74, 6) is -1.17. The number of hydrogen-bond donors (Lipinski definition) is 2. The van der Waals surface area contributed by atoms with Crippen LogP contribution in [-0.2, 0) is 4.79 Å². The van der Waals surface area contributed by atoms with Crippen LogP contribution in [0.2, 0.25) is 0 Å². The van der Waals surface area contributed by atoms with Gasteiger partial charge < -0.3 is 10.4 Å². The number of amides is 1. The highest BCUT2D eigenvalue weighted by Crippen LogP contribution is 2.35. The van der Waals surface area contributed by atoms with Gasteiger partial charge in [-0.15, -0.1) is 0 Å². The Morgan fingerprint density at radius 1 is 1.33 bits per heavy atom. The first-order chi connectivity index (χ1) is 10.1. The molecule has 1 fully saturated rings. The maximum Gasteiger partial charge on any atom is 0.305 e. The lowest BCUT2D eigenvalue weighted by Crippen LogP contribution is -2.54. The minimum atomic E-state index is -0.891. The van der Waals surface area contributed by atoms with Crippen LogP contribution in [0.15, 0.2) is 30.7 Å². The number of carboxylic acids is 1. The number of hydrogen-bond acceptors (Lipinski definition) is 4. The number of nitrogens with one attached hydrogen (secondary N) is 1. The topological polar surface area (TPSA) is 92.2 Å². The molecule has 6 nitrogen and oxygen atoms in total. The third-order valence-corrected chi connectivity index (χ3v) is 3.93.